The van der Waals surface area contributed by atoms with Crippen molar-refractivity contribution in [3.63, 3.8) is 0 Å². The maximum absolute atomic E-state index is 8.68. The van der Waals surface area contributed by atoms with E-state index in [4.69, 9.17) is 11.3 Å². The summed E-state index contributed by atoms with van der Waals surface area (Å²) in [6.45, 7) is 3.37. The highest BCUT2D eigenvalue weighted by atomic mass is 32.1. The minimum atomic E-state index is -2.32. The first-order valence-electron chi connectivity index (χ1n) is 11.6. The van der Waals surface area contributed by atoms with Crippen LogP contribution in [0.2, 0.25) is 0 Å². The van der Waals surface area contributed by atoms with E-state index < -0.39 is 18.6 Å². The van der Waals surface area contributed by atoms with E-state index in [0.29, 0.717) is 16.2 Å². The number of nitrogens with zero attached hydrogens (tertiary/aromatic N) is 2. The van der Waals surface area contributed by atoms with Crippen molar-refractivity contribution in [1.82, 2.24) is 9.97 Å². The van der Waals surface area contributed by atoms with E-state index in [1.165, 1.54) is 17.4 Å². The van der Waals surface area contributed by atoms with E-state index in [-0.39, 0.29) is 11.4 Å². The molecule has 1 aromatic carbocycles. The van der Waals surface area contributed by atoms with Crippen LogP contribution in [-0.4, -0.2) is 9.97 Å². The molecule has 5 rings (SSSR count). The molecule has 0 aliphatic carbocycles. The lowest BCUT2D eigenvalue weighted by Gasteiger charge is -2.16. The number of aryl methyl sites for hydroxylation is 1. The molecule has 0 saturated carbocycles. The first kappa shape index (κ1) is 12.7. The van der Waals surface area contributed by atoms with Crippen molar-refractivity contribution < 1.29 is 11.3 Å². The monoisotopic (exact) mass is 391 g/mol. The Labute approximate surface area is 175 Å². The van der Waals surface area contributed by atoms with E-state index in [1.54, 1.807) is 12.3 Å². The zero-order valence-corrected chi connectivity index (χ0v) is 16.6. The largest absolute Gasteiger partial charge is 0.437 e. The minimum absolute atomic E-state index is 0.0110. The normalized spacial score (nSPS) is 16.0. The van der Waals surface area contributed by atoms with Crippen molar-refractivity contribution in [1.29, 1.82) is 0 Å². The van der Waals surface area contributed by atoms with Crippen LogP contribution in [0.25, 0.3) is 43.4 Å². The molecule has 140 valence electrons. The Hall–Kier alpha value is -2.72. The number of aromatic nitrogens is 2. The third-order valence-electron chi connectivity index (χ3n) is 4.55. The number of thiophene rings is 1. The Bertz CT molecular complexity index is 1530. The Kier molecular flexibility index (Phi) is 2.78. The molecule has 0 aliphatic heterocycles. The van der Waals surface area contributed by atoms with Gasteiger partial charge in [-0.1, -0.05) is 32.9 Å². The predicted octanol–water partition coefficient (Wildman–Crippen LogP) is 7.15. The number of hydrogen-bond donors (Lipinski definition) is 0. The highest BCUT2D eigenvalue weighted by Crippen LogP contribution is 2.40. The fraction of sp³-hybridized carbons (Fsp3) is 0.250. The summed E-state index contributed by atoms with van der Waals surface area (Å²) >= 11 is 1.40. The summed E-state index contributed by atoms with van der Waals surface area (Å²) in [5, 5.41) is 2.49. The molecule has 0 saturated heterocycles. The molecule has 0 amide bonds. The van der Waals surface area contributed by atoms with Crippen molar-refractivity contribution in [2.75, 3.05) is 0 Å². The van der Waals surface area contributed by atoms with Gasteiger partial charge in [-0.3, -0.25) is 4.98 Å². The molecule has 28 heavy (non-hydrogen) atoms. The molecule has 0 fully saturated rings. The van der Waals surface area contributed by atoms with Gasteiger partial charge in [-0.15, -0.1) is 11.3 Å². The van der Waals surface area contributed by atoms with Gasteiger partial charge in [0.2, 0.25) is 5.71 Å². The number of para-hydroxylation sites is 1. The molecule has 0 atom stereocenters. The number of benzene rings is 1. The van der Waals surface area contributed by atoms with Crippen LogP contribution in [0.4, 0.5) is 0 Å². The van der Waals surface area contributed by atoms with Gasteiger partial charge in [0.1, 0.15) is 5.58 Å². The smallest absolute Gasteiger partial charge is 0.227 e. The van der Waals surface area contributed by atoms with Crippen LogP contribution in [-0.2, 0) is 6.37 Å². The van der Waals surface area contributed by atoms with Crippen LogP contribution < -0.4 is 0 Å². The first-order chi connectivity index (χ1) is 15.4. The molecule has 0 radical (unpaired) electrons. The van der Waals surface area contributed by atoms with Crippen molar-refractivity contribution in [2.24, 2.45) is 5.41 Å². The fourth-order valence-corrected chi connectivity index (χ4v) is 4.72. The molecule has 3 nitrogen and oxygen atoms in total. The number of hydrogen-bond acceptors (Lipinski definition) is 4. The minimum Gasteiger partial charge on any atom is -0.437 e. The Morgan fingerprint density at radius 2 is 2.04 bits per heavy atom. The topological polar surface area (TPSA) is 38.9 Å². The Morgan fingerprint density at radius 1 is 1.14 bits per heavy atom. The van der Waals surface area contributed by atoms with Gasteiger partial charge in [0.15, 0.2) is 0 Å². The average molecular weight is 392 g/mol. The van der Waals surface area contributed by atoms with Crippen LogP contribution in [0, 0.1) is 12.3 Å². The summed E-state index contributed by atoms with van der Waals surface area (Å²) in [4.78, 5) is 9.53. The van der Waals surface area contributed by atoms with E-state index in [2.05, 4.69) is 9.97 Å². The van der Waals surface area contributed by atoms with E-state index in [1.807, 2.05) is 51.1 Å². The Morgan fingerprint density at radius 3 is 2.86 bits per heavy atom. The van der Waals surface area contributed by atoms with Gasteiger partial charge >= 0.3 is 0 Å². The molecule has 4 heterocycles. The number of fused-ring (bicyclic) bond motifs is 4. The summed E-state index contributed by atoms with van der Waals surface area (Å²) in [6.07, 6.45) is 0.211. The van der Waals surface area contributed by atoms with Gasteiger partial charge in [0, 0.05) is 40.0 Å². The maximum atomic E-state index is 8.68. The standard InChI is InChI=1S/C24H22N2OS/c1-14-8-9-18-17-6-5-7-19(21(17)27-23(18)26-14)20-22-15(10-11-25-20)12-16(28-22)13-24(2,3)4/h5-12H,13H2,1-4H3/i1D3,13D2. The van der Waals surface area contributed by atoms with Gasteiger partial charge in [-0.25, -0.2) is 4.98 Å². The zero-order chi connectivity index (χ0) is 23.8. The van der Waals surface area contributed by atoms with Gasteiger partial charge in [-0.2, -0.15) is 0 Å². The van der Waals surface area contributed by atoms with Gasteiger partial charge < -0.3 is 4.42 Å². The zero-order valence-electron chi connectivity index (χ0n) is 20.8. The molecule has 0 unspecified atom stereocenters. The SMILES string of the molecule is [2H]C([2H])([2H])c1ccc2c(n1)oc1c(-c3nccc4cc(C([2H])([2H])C(C)(C)C)sc34)cccc12. The molecule has 0 aliphatic rings. The third-order valence-corrected chi connectivity index (χ3v) is 5.62. The molecule has 0 bridgehead atoms. The van der Waals surface area contributed by atoms with E-state index in [9.17, 15) is 0 Å². The van der Waals surface area contributed by atoms with Crippen molar-refractivity contribution in [3.8, 4) is 11.3 Å². The van der Waals surface area contributed by atoms with Crippen LogP contribution in [0.5, 0.6) is 0 Å². The summed E-state index contributed by atoms with van der Waals surface area (Å²) < 4.78 is 47.2. The third kappa shape index (κ3) is 2.89. The van der Waals surface area contributed by atoms with Gasteiger partial charge in [0.05, 0.1) is 10.4 Å². The molecular weight excluding hydrogens is 364 g/mol. The lowest BCUT2D eigenvalue weighted by Crippen LogP contribution is -2.07. The highest BCUT2D eigenvalue weighted by Gasteiger charge is 2.18. The van der Waals surface area contributed by atoms with Crippen LogP contribution in [0.3, 0.4) is 0 Å². The maximum Gasteiger partial charge on any atom is 0.227 e. The lowest BCUT2D eigenvalue weighted by molar-refractivity contribution is 0.415. The van der Waals surface area contributed by atoms with Crippen molar-refractivity contribution in [3.05, 3.63) is 59.2 Å². The van der Waals surface area contributed by atoms with Gasteiger partial charge in [0.25, 0.3) is 0 Å². The summed E-state index contributed by atoms with van der Waals surface area (Å²) in [7, 11) is 0. The second kappa shape index (κ2) is 6.14. The molecule has 4 heteroatoms. The van der Waals surface area contributed by atoms with Crippen LogP contribution in [0.1, 0.15) is 38.2 Å². The molecular formula is C24H22N2OS. The fourth-order valence-electron chi connectivity index (χ4n) is 3.45. The Balaban J connectivity index is 1.75. The predicted molar refractivity (Wildman–Crippen MR) is 118 cm³/mol. The van der Waals surface area contributed by atoms with Crippen LogP contribution >= 0.6 is 11.3 Å². The molecule has 0 N–H and O–H groups in total. The summed E-state index contributed by atoms with van der Waals surface area (Å²) in [6, 6.07) is 12.8. The second-order valence-electron chi connectivity index (χ2n) is 7.90. The van der Waals surface area contributed by atoms with Crippen molar-refractivity contribution in [2.45, 2.75) is 34.0 Å². The first-order valence-corrected chi connectivity index (χ1v) is 9.92. The molecule has 5 aromatic rings. The van der Waals surface area contributed by atoms with Crippen LogP contribution in [0.15, 0.2) is 53.1 Å². The number of furan rings is 1. The molecule has 4 aromatic heterocycles. The van der Waals surface area contributed by atoms with E-state index in [0.717, 1.165) is 26.4 Å². The number of pyridine rings is 2. The average Bonchev–Trinajstić information content (AvgIpc) is 3.33. The summed E-state index contributed by atoms with van der Waals surface area (Å²) in [5.41, 5.74) is 1.74. The lowest BCUT2D eigenvalue weighted by atomic mass is 9.91. The van der Waals surface area contributed by atoms with E-state index >= 15 is 0 Å². The van der Waals surface area contributed by atoms with Gasteiger partial charge in [-0.05, 0) is 54.4 Å². The quantitative estimate of drug-likeness (QED) is 0.320. The van der Waals surface area contributed by atoms with Crippen molar-refractivity contribution >= 4 is 43.5 Å². The second-order valence-corrected chi connectivity index (χ2v) is 8.95. The summed E-state index contributed by atoms with van der Waals surface area (Å²) in [5.74, 6) is 0. The number of rotatable bonds is 2. The highest BCUT2D eigenvalue weighted by molar-refractivity contribution is 7.19. The molecule has 0 spiro atoms.